The SMILES string of the molecule is C=CCCCC(F)CN.Cl. The number of alkyl halides is 1. The fourth-order valence-corrected chi connectivity index (χ4v) is 0.602. The summed E-state index contributed by atoms with van der Waals surface area (Å²) in [5.74, 6) is 0. The van der Waals surface area contributed by atoms with Crippen LogP contribution in [-0.2, 0) is 0 Å². The smallest absolute Gasteiger partial charge is 0.112 e. The van der Waals surface area contributed by atoms with Gasteiger partial charge in [0.05, 0.1) is 0 Å². The first-order valence-corrected chi connectivity index (χ1v) is 3.26. The van der Waals surface area contributed by atoms with E-state index in [4.69, 9.17) is 5.73 Å². The standard InChI is InChI=1S/C7H14FN.ClH/c1-2-3-4-5-7(8)6-9;/h2,7H,1,3-6,9H2;1H. The van der Waals surface area contributed by atoms with Crippen molar-refractivity contribution in [3.63, 3.8) is 0 Å². The third kappa shape index (κ3) is 7.92. The maximum Gasteiger partial charge on any atom is 0.112 e. The summed E-state index contributed by atoms with van der Waals surface area (Å²) in [7, 11) is 0. The van der Waals surface area contributed by atoms with Crippen LogP contribution in [0.4, 0.5) is 4.39 Å². The summed E-state index contributed by atoms with van der Waals surface area (Å²) in [6, 6.07) is 0. The lowest BCUT2D eigenvalue weighted by atomic mass is 10.2. The van der Waals surface area contributed by atoms with E-state index in [9.17, 15) is 4.39 Å². The zero-order valence-corrected chi connectivity index (χ0v) is 6.87. The minimum absolute atomic E-state index is 0. The first-order valence-electron chi connectivity index (χ1n) is 3.26. The molecule has 0 saturated heterocycles. The normalized spacial score (nSPS) is 11.8. The third-order valence-electron chi connectivity index (χ3n) is 1.18. The van der Waals surface area contributed by atoms with Crippen molar-refractivity contribution < 1.29 is 4.39 Å². The largest absolute Gasteiger partial charge is 0.328 e. The van der Waals surface area contributed by atoms with Crippen LogP contribution in [-0.4, -0.2) is 12.7 Å². The molecule has 0 fully saturated rings. The van der Waals surface area contributed by atoms with Crippen LogP contribution in [0, 0.1) is 0 Å². The average molecular weight is 168 g/mol. The van der Waals surface area contributed by atoms with Gasteiger partial charge in [0.1, 0.15) is 6.17 Å². The van der Waals surface area contributed by atoms with Gasteiger partial charge in [0, 0.05) is 6.54 Å². The Bertz CT molecular complexity index is 78.0. The molecule has 0 aliphatic carbocycles. The minimum Gasteiger partial charge on any atom is -0.328 e. The molecule has 1 unspecified atom stereocenters. The zero-order valence-electron chi connectivity index (χ0n) is 6.05. The van der Waals surface area contributed by atoms with Crippen molar-refractivity contribution >= 4 is 12.4 Å². The number of halogens is 2. The van der Waals surface area contributed by atoms with Gasteiger partial charge < -0.3 is 5.73 Å². The fraction of sp³-hybridized carbons (Fsp3) is 0.714. The second-order valence-electron chi connectivity index (χ2n) is 2.05. The maximum absolute atomic E-state index is 12.3. The van der Waals surface area contributed by atoms with Gasteiger partial charge in [-0.25, -0.2) is 4.39 Å². The van der Waals surface area contributed by atoms with E-state index in [0.29, 0.717) is 6.42 Å². The molecule has 0 aliphatic rings. The summed E-state index contributed by atoms with van der Waals surface area (Å²) in [4.78, 5) is 0. The van der Waals surface area contributed by atoms with E-state index >= 15 is 0 Å². The van der Waals surface area contributed by atoms with Crippen molar-refractivity contribution in [1.29, 1.82) is 0 Å². The molecule has 0 heterocycles. The highest BCUT2D eigenvalue weighted by atomic mass is 35.5. The Morgan fingerprint density at radius 2 is 2.20 bits per heavy atom. The zero-order chi connectivity index (χ0) is 7.11. The maximum atomic E-state index is 12.3. The number of unbranched alkanes of at least 4 members (excludes halogenated alkanes) is 1. The Hall–Kier alpha value is -0.0800. The van der Waals surface area contributed by atoms with E-state index in [-0.39, 0.29) is 19.0 Å². The van der Waals surface area contributed by atoms with Gasteiger partial charge in [-0.05, 0) is 19.3 Å². The molecular formula is C7H15ClFN. The van der Waals surface area contributed by atoms with Crippen LogP contribution in [0.5, 0.6) is 0 Å². The predicted octanol–water partition coefficient (Wildman–Crippen LogP) is 2.06. The second-order valence-corrected chi connectivity index (χ2v) is 2.05. The summed E-state index contributed by atoms with van der Waals surface area (Å²) in [5, 5.41) is 0. The van der Waals surface area contributed by atoms with E-state index in [1.54, 1.807) is 6.08 Å². The van der Waals surface area contributed by atoms with Crippen LogP contribution >= 0.6 is 12.4 Å². The molecule has 0 amide bonds. The fourth-order valence-electron chi connectivity index (χ4n) is 0.602. The summed E-state index contributed by atoms with van der Waals surface area (Å²) >= 11 is 0. The molecule has 0 aromatic heterocycles. The highest BCUT2D eigenvalue weighted by molar-refractivity contribution is 5.85. The summed E-state index contributed by atoms with van der Waals surface area (Å²) in [6.45, 7) is 3.68. The molecule has 0 bridgehead atoms. The number of hydrogen-bond acceptors (Lipinski definition) is 1. The second kappa shape index (κ2) is 8.92. The summed E-state index contributed by atoms with van der Waals surface area (Å²) in [6.07, 6.45) is 3.30. The molecule has 0 aromatic carbocycles. The molecule has 1 atom stereocenters. The van der Waals surface area contributed by atoms with Crippen LogP contribution in [0.3, 0.4) is 0 Å². The lowest BCUT2D eigenvalue weighted by molar-refractivity contribution is 0.317. The lowest BCUT2D eigenvalue weighted by Gasteiger charge is -2.01. The van der Waals surface area contributed by atoms with E-state index in [1.165, 1.54) is 0 Å². The van der Waals surface area contributed by atoms with Gasteiger partial charge >= 0.3 is 0 Å². The van der Waals surface area contributed by atoms with Gasteiger partial charge in [0.15, 0.2) is 0 Å². The molecule has 0 radical (unpaired) electrons. The van der Waals surface area contributed by atoms with Crippen LogP contribution in [0.15, 0.2) is 12.7 Å². The van der Waals surface area contributed by atoms with E-state index < -0.39 is 6.17 Å². The van der Waals surface area contributed by atoms with Gasteiger partial charge in [-0.1, -0.05) is 6.08 Å². The van der Waals surface area contributed by atoms with Crippen molar-refractivity contribution in [1.82, 2.24) is 0 Å². The molecule has 10 heavy (non-hydrogen) atoms. The molecule has 0 saturated carbocycles. The van der Waals surface area contributed by atoms with E-state index in [2.05, 4.69) is 6.58 Å². The molecule has 0 aliphatic heterocycles. The van der Waals surface area contributed by atoms with Gasteiger partial charge in [-0.3, -0.25) is 0 Å². The van der Waals surface area contributed by atoms with Crippen LogP contribution in [0.25, 0.3) is 0 Å². The first kappa shape index (κ1) is 12.6. The Kier molecular flexibility index (Phi) is 11.2. The highest BCUT2D eigenvalue weighted by Crippen LogP contribution is 2.02. The molecule has 3 heteroatoms. The Morgan fingerprint density at radius 3 is 2.60 bits per heavy atom. The van der Waals surface area contributed by atoms with Gasteiger partial charge in [-0.15, -0.1) is 19.0 Å². The Morgan fingerprint density at radius 1 is 1.60 bits per heavy atom. The summed E-state index contributed by atoms with van der Waals surface area (Å²) < 4.78 is 12.3. The first-order chi connectivity index (χ1) is 4.31. The molecular weight excluding hydrogens is 153 g/mol. The van der Waals surface area contributed by atoms with Crippen molar-refractivity contribution in [2.75, 3.05) is 6.54 Å². The number of rotatable bonds is 5. The van der Waals surface area contributed by atoms with Gasteiger partial charge in [-0.2, -0.15) is 0 Å². The van der Waals surface area contributed by atoms with Gasteiger partial charge in [0.25, 0.3) is 0 Å². The molecule has 0 spiro atoms. The van der Waals surface area contributed by atoms with Crippen LogP contribution in [0.1, 0.15) is 19.3 Å². The van der Waals surface area contributed by atoms with Crippen LogP contribution in [0.2, 0.25) is 0 Å². The molecule has 2 N–H and O–H groups in total. The van der Waals surface area contributed by atoms with Crippen molar-refractivity contribution in [3.05, 3.63) is 12.7 Å². The topological polar surface area (TPSA) is 26.0 Å². The Balaban J connectivity index is 0. The number of hydrogen-bond donors (Lipinski definition) is 1. The highest BCUT2D eigenvalue weighted by Gasteiger charge is 2.00. The molecule has 0 rings (SSSR count). The van der Waals surface area contributed by atoms with E-state index in [0.717, 1.165) is 12.8 Å². The van der Waals surface area contributed by atoms with Gasteiger partial charge in [0.2, 0.25) is 0 Å². The monoisotopic (exact) mass is 167 g/mol. The minimum atomic E-state index is -0.815. The molecule has 62 valence electrons. The third-order valence-corrected chi connectivity index (χ3v) is 1.18. The quantitative estimate of drug-likeness (QED) is 0.493. The van der Waals surface area contributed by atoms with Crippen molar-refractivity contribution in [2.45, 2.75) is 25.4 Å². The average Bonchev–Trinajstić information content (AvgIpc) is 1.89. The number of nitrogens with two attached hydrogens (primary N) is 1. The summed E-state index contributed by atoms with van der Waals surface area (Å²) in [5.41, 5.74) is 5.05. The lowest BCUT2D eigenvalue weighted by Crippen LogP contribution is -2.14. The predicted molar refractivity (Wildman–Crippen MR) is 45.2 cm³/mol. The molecule has 1 nitrogen and oxygen atoms in total. The van der Waals surface area contributed by atoms with E-state index in [1.807, 2.05) is 0 Å². The van der Waals surface area contributed by atoms with Crippen LogP contribution < -0.4 is 5.73 Å². The molecule has 0 aromatic rings. The Labute approximate surface area is 67.9 Å². The number of allylic oxidation sites excluding steroid dienone is 1. The van der Waals surface area contributed by atoms with Crippen molar-refractivity contribution in [2.24, 2.45) is 5.73 Å². The van der Waals surface area contributed by atoms with Crippen molar-refractivity contribution in [3.8, 4) is 0 Å².